The molecule has 2 bridgehead atoms. The molecule has 3 nitrogen and oxygen atoms in total. The minimum absolute atomic E-state index is 0.533. The van der Waals surface area contributed by atoms with Crippen LogP contribution in [0.4, 0.5) is 5.69 Å². The summed E-state index contributed by atoms with van der Waals surface area (Å²) in [4.78, 5) is 2.86. The number of rotatable bonds is 3. The third-order valence-electron chi connectivity index (χ3n) is 5.64. The Kier molecular flexibility index (Phi) is 4.29. The topological polar surface area (TPSA) is 27.3 Å². The van der Waals surface area contributed by atoms with Gasteiger partial charge < -0.3 is 10.6 Å². The van der Waals surface area contributed by atoms with Gasteiger partial charge in [0.05, 0.1) is 0 Å². The van der Waals surface area contributed by atoms with Crippen molar-refractivity contribution in [2.75, 3.05) is 5.32 Å². The Hall–Kier alpha value is -1.13. The Morgan fingerprint density at radius 3 is 2.26 bits per heavy atom. The second-order valence-corrected chi connectivity index (χ2v) is 7.96. The molecule has 1 aromatic rings. The van der Waals surface area contributed by atoms with E-state index in [4.69, 9.17) is 12.2 Å². The largest absolute Gasteiger partial charge is 0.360 e. The molecule has 0 amide bonds. The van der Waals surface area contributed by atoms with Gasteiger partial charge in [0.15, 0.2) is 5.11 Å². The molecule has 3 aliphatic rings. The fourth-order valence-corrected chi connectivity index (χ4v) is 4.78. The lowest BCUT2D eigenvalue weighted by Crippen LogP contribution is -2.57. The van der Waals surface area contributed by atoms with Gasteiger partial charge in [-0.1, -0.05) is 24.1 Å². The van der Waals surface area contributed by atoms with E-state index in [0.717, 1.165) is 28.9 Å². The minimum atomic E-state index is 0.533. The Morgan fingerprint density at radius 1 is 1.00 bits per heavy atom. The summed E-state index contributed by atoms with van der Waals surface area (Å²) in [6.45, 7) is 2.10. The Morgan fingerprint density at radius 2 is 1.65 bits per heavy atom. The fraction of sp³-hybridized carbons (Fsp3) is 0.632. The molecule has 124 valence electrons. The monoisotopic (exact) mass is 329 g/mol. The number of thiocarbonyl (C=S) groups is 1. The maximum atomic E-state index is 5.54. The summed E-state index contributed by atoms with van der Waals surface area (Å²) < 4.78 is 0. The number of hydrogen-bond acceptors (Lipinski definition) is 2. The molecule has 4 heteroatoms. The van der Waals surface area contributed by atoms with Gasteiger partial charge in [0.1, 0.15) is 0 Å². The number of hydrogen-bond donors (Lipinski definition) is 2. The molecule has 1 aromatic carbocycles. The van der Waals surface area contributed by atoms with Crippen molar-refractivity contribution in [3.8, 4) is 0 Å². The standard InChI is InChI=1S/C19H27N3S/c1-13-5-7-14(8-6-13)20-19(23)21-15-11-17-3-2-4-18(12-15)22(17)16-9-10-16/h5-8,15-18H,2-4,9-12H2,1H3,(H2,20,21,23)/t15?,17-,18+. The second kappa shape index (κ2) is 6.40. The van der Waals surface area contributed by atoms with Crippen LogP contribution in [-0.4, -0.2) is 34.2 Å². The molecular formula is C19H27N3S. The SMILES string of the molecule is Cc1ccc(NC(=S)NC2C[C@H]3CCC[C@@H](C2)N3C2CC2)cc1. The van der Waals surface area contributed by atoms with Gasteiger partial charge in [0.2, 0.25) is 0 Å². The molecule has 2 N–H and O–H groups in total. The zero-order valence-electron chi connectivity index (χ0n) is 13.9. The van der Waals surface area contributed by atoms with Crippen LogP contribution in [0.25, 0.3) is 0 Å². The summed E-state index contributed by atoms with van der Waals surface area (Å²) >= 11 is 5.54. The summed E-state index contributed by atoms with van der Waals surface area (Å²) in [6.07, 6.45) is 9.53. The van der Waals surface area contributed by atoms with E-state index in [0.29, 0.717) is 6.04 Å². The first-order valence-corrected chi connectivity index (χ1v) is 9.51. The van der Waals surface area contributed by atoms with Crippen molar-refractivity contribution in [1.82, 2.24) is 10.2 Å². The van der Waals surface area contributed by atoms with Crippen LogP contribution in [0.3, 0.4) is 0 Å². The molecule has 4 rings (SSSR count). The van der Waals surface area contributed by atoms with Crippen molar-refractivity contribution >= 4 is 23.0 Å². The van der Waals surface area contributed by atoms with Crippen LogP contribution >= 0.6 is 12.2 Å². The van der Waals surface area contributed by atoms with Gasteiger partial charge >= 0.3 is 0 Å². The summed E-state index contributed by atoms with van der Waals surface area (Å²) in [5.74, 6) is 0. The number of nitrogens with zero attached hydrogens (tertiary/aromatic N) is 1. The van der Waals surface area contributed by atoms with Gasteiger partial charge in [-0.2, -0.15) is 0 Å². The summed E-state index contributed by atoms with van der Waals surface area (Å²) in [5.41, 5.74) is 2.35. The maximum Gasteiger partial charge on any atom is 0.170 e. The molecule has 23 heavy (non-hydrogen) atoms. The zero-order valence-corrected chi connectivity index (χ0v) is 14.7. The van der Waals surface area contributed by atoms with Crippen LogP contribution in [-0.2, 0) is 0 Å². The first kappa shape index (κ1) is 15.4. The van der Waals surface area contributed by atoms with Crippen molar-refractivity contribution in [2.24, 2.45) is 0 Å². The minimum Gasteiger partial charge on any atom is -0.360 e. The van der Waals surface area contributed by atoms with E-state index in [1.807, 2.05) is 0 Å². The number of piperidine rings is 2. The first-order valence-electron chi connectivity index (χ1n) is 9.10. The predicted octanol–water partition coefficient (Wildman–Crippen LogP) is 3.83. The molecule has 0 spiro atoms. The number of benzene rings is 1. The first-order chi connectivity index (χ1) is 11.2. The van der Waals surface area contributed by atoms with E-state index in [-0.39, 0.29) is 0 Å². The highest BCUT2D eigenvalue weighted by molar-refractivity contribution is 7.80. The predicted molar refractivity (Wildman–Crippen MR) is 99.8 cm³/mol. The highest BCUT2D eigenvalue weighted by Gasteiger charge is 2.44. The number of nitrogens with one attached hydrogen (secondary N) is 2. The van der Waals surface area contributed by atoms with Gasteiger partial charge in [0.25, 0.3) is 0 Å². The molecule has 1 aliphatic carbocycles. The molecule has 0 aromatic heterocycles. The van der Waals surface area contributed by atoms with E-state index in [1.165, 1.54) is 50.5 Å². The fourth-order valence-electron chi connectivity index (χ4n) is 4.49. The van der Waals surface area contributed by atoms with Crippen molar-refractivity contribution in [3.63, 3.8) is 0 Å². The van der Waals surface area contributed by atoms with E-state index in [2.05, 4.69) is 46.7 Å². The van der Waals surface area contributed by atoms with Crippen molar-refractivity contribution in [3.05, 3.63) is 29.8 Å². The third kappa shape index (κ3) is 3.53. The lowest BCUT2D eigenvalue weighted by Gasteiger charge is -2.49. The summed E-state index contributed by atoms with van der Waals surface area (Å²) in [5, 5.41) is 7.69. The highest BCUT2D eigenvalue weighted by Crippen LogP contribution is 2.41. The van der Waals surface area contributed by atoms with Crippen molar-refractivity contribution in [1.29, 1.82) is 0 Å². The van der Waals surface area contributed by atoms with E-state index in [9.17, 15) is 0 Å². The average Bonchev–Trinajstić information content (AvgIpc) is 3.33. The third-order valence-corrected chi connectivity index (χ3v) is 5.86. The highest BCUT2D eigenvalue weighted by atomic mass is 32.1. The summed E-state index contributed by atoms with van der Waals surface area (Å²) in [7, 11) is 0. The van der Waals surface area contributed by atoms with Crippen molar-refractivity contribution < 1.29 is 0 Å². The van der Waals surface area contributed by atoms with Gasteiger partial charge in [-0.15, -0.1) is 0 Å². The van der Waals surface area contributed by atoms with E-state index in [1.54, 1.807) is 0 Å². The van der Waals surface area contributed by atoms with E-state index < -0.39 is 0 Å². The molecule has 2 aliphatic heterocycles. The van der Waals surface area contributed by atoms with Crippen molar-refractivity contribution in [2.45, 2.75) is 76.0 Å². The normalized spacial score (nSPS) is 30.7. The van der Waals surface area contributed by atoms with Gasteiger partial charge in [-0.05, 0) is 69.8 Å². The van der Waals surface area contributed by atoms with Gasteiger partial charge in [-0.25, -0.2) is 0 Å². The molecule has 1 saturated carbocycles. The van der Waals surface area contributed by atoms with Crippen LogP contribution in [0.15, 0.2) is 24.3 Å². The number of aryl methyl sites for hydroxylation is 1. The van der Waals surface area contributed by atoms with Crippen LogP contribution in [0.5, 0.6) is 0 Å². The number of fused-ring (bicyclic) bond motifs is 2. The molecule has 0 radical (unpaired) electrons. The lowest BCUT2D eigenvalue weighted by molar-refractivity contribution is 0.0209. The van der Waals surface area contributed by atoms with E-state index >= 15 is 0 Å². The summed E-state index contributed by atoms with van der Waals surface area (Å²) in [6, 6.07) is 11.4. The molecule has 1 unspecified atom stereocenters. The Labute approximate surface area is 144 Å². The second-order valence-electron chi connectivity index (χ2n) is 7.55. The van der Waals surface area contributed by atoms with Gasteiger partial charge in [0, 0.05) is 29.9 Å². The molecular weight excluding hydrogens is 302 g/mol. The van der Waals surface area contributed by atoms with Crippen LogP contribution in [0.2, 0.25) is 0 Å². The Bertz CT molecular complexity index is 552. The van der Waals surface area contributed by atoms with Crippen LogP contribution in [0.1, 0.15) is 50.5 Å². The number of anilines is 1. The quantitative estimate of drug-likeness (QED) is 0.824. The molecule has 2 heterocycles. The average molecular weight is 330 g/mol. The Balaban J connectivity index is 1.34. The molecule has 2 saturated heterocycles. The zero-order chi connectivity index (χ0) is 15.8. The van der Waals surface area contributed by atoms with Crippen LogP contribution in [0, 0.1) is 6.92 Å². The van der Waals surface area contributed by atoms with Crippen LogP contribution < -0.4 is 10.6 Å². The maximum absolute atomic E-state index is 5.54. The smallest absolute Gasteiger partial charge is 0.170 e. The van der Waals surface area contributed by atoms with Gasteiger partial charge in [-0.3, -0.25) is 4.90 Å². The molecule has 3 atom stereocenters. The lowest BCUT2D eigenvalue weighted by atomic mass is 9.81. The molecule has 3 fully saturated rings.